The summed E-state index contributed by atoms with van der Waals surface area (Å²) in [6, 6.07) is 6.94. The van der Waals surface area contributed by atoms with Crippen molar-refractivity contribution in [3.63, 3.8) is 0 Å². The fourth-order valence-electron chi connectivity index (χ4n) is 1.73. The van der Waals surface area contributed by atoms with E-state index in [4.69, 9.17) is 4.74 Å². The first-order valence-corrected chi connectivity index (χ1v) is 6.38. The average molecular weight is 303 g/mol. The van der Waals surface area contributed by atoms with Gasteiger partial charge in [-0.1, -0.05) is 0 Å². The molecule has 1 aromatic heterocycles. The van der Waals surface area contributed by atoms with Crippen LogP contribution in [0.1, 0.15) is 17.3 Å². The number of methoxy groups -OCH3 is 1. The van der Waals surface area contributed by atoms with Crippen LogP contribution in [0.5, 0.6) is 5.88 Å². The number of nitrogens with one attached hydrogen (secondary N) is 2. The van der Waals surface area contributed by atoms with Gasteiger partial charge >= 0.3 is 0 Å². The number of rotatable bonds is 4. The number of hydrogen-bond acceptors (Lipinski definition) is 4. The van der Waals surface area contributed by atoms with Gasteiger partial charge in [0.2, 0.25) is 11.8 Å². The van der Waals surface area contributed by atoms with Gasteiger partial charge in [0.1, 0.15) is 5.82 Å². The van der Waals surface area contributed by atoms with Crippen LogP contribution >= 0.6 is 0 Å². The Bertz CT molecular complexity index is 702. The smallest absolute Gasteiger partial charge is 0.257 e. The minimum absolute atomic E-state index is 0.0351. The molecule has 0 spiro atoms. The summed E-state index contributed by atoms with van der Waals surface area (Å²) >= 11 is 0. The minimum Gasteiger partial charge on any atom is -0.481 e. The van der Waals surface area contributed by atoms with E-state index < -0.39 is 11.7 Å². The zero-order valence-corrected chi connectivity index (χ0v) is 12.0. The summed E-state index contributed by atoms with van der Waals surface area (Å²) in [7, 11) is 1.46. The lowest BCUT2D eigenvalue weighted by Crippen LogP contribution is -2.14. The topological polar surface area (TPSA) is 80.3 Å². The van der Waals surface area contributed by atoms with E-state index in [1.165, 1.54) is 44.5 Å². The number of amides is 2. The molecule has 22 heavy (non-hydrogen) atoms. The highest BCUT2D eigenvalue weighted by atomic mass is 19.1. The second-order valence-electron chi connectivity index (χ2n) is 4.42. The number of anilines is 2. The fraction of sp³-hybridized carbons (Fsp3) is 0.133. The van der Waals surface area contributed by atoms with Gasteiger partial charge < -0.3 is 15.4 Å². The maximum atomic E-state index is 13.7. The van der Waals surface area contributed by atoms with Crippen LogP contribution in [0.2, 0.25) is 0 Å². The van der Waals surface area contributed by atoms with Gasteiger partial charge in [0.25, 0.3) is 5.91 Å². The molecule has 0 unspecified atom stereocenters. The van der Waals surface area contributed by atoms with Crippen LogP contribution in [0.15, 0.2) is 36.5 Å². The van der Waals surface area contributed by atoms with Crippen molar-refractivity contribution in [1.82, 2.24) is 4.98 Å². The van der Waals surface area contributed by atoms with E-state index in [1.54, 1.807) is 0 Å². The predicted molar refractivity (Wildman–Crippen MR) is 79.4 cm³/mol. The monoisotopic (exact) mass is 303 g/mol. The van der Waals surface area contributed by atoms with Gasteiger partial charge in [0.05, 0.1) is 18.4 Å². The quantitative estimate of drug-likeness (QED) is 0.909. The first kappa shape index (κ1) is 15.4. The zero-order valence-electron chi connectivity index (χ0n) is 12.0. The van der Waals surface area contributed by atoms with E-state index in [1.807, 2.05) is 0 Å². The molecular weight excluding hydrogens is 289 g/mol. The molecule has 0 fully saturated rings. The summed E-state index contributed by atoms with van der Waals surface area (Å²) in [5.74, 6) is -1.04. The van der Waals surface area contributed by atoms with Crippen LogP contribution in [0.25, 0.3) is 0 Å². The molecule has 2 amide bonds. The molecule has 114 valence electrons. The Kier molecular flexibility index (Phi) is 4.67. The van der Waals surface area contributed by atoms with Crippen molar-refractivity contribution >= 4 is 23.2 Å². The first-order chi connectivity index (χ1) is 10.5. The van der Waals surface area contributed by atoms with E-state index in [-0.39, 0.29) is 17.2 Å². The molecule has 0 aliphatic rings. The lowest BCUT2D eigenvalue weighted by molar-refractivity contribution is -0.114. The van der Waals surface area contributed by atoms with Gasteiger partial charge in [0, 0.05) is 24.9 Å². The van der Waals surface area contributed by atoms with Crippen molar-refractivity contribution in [2.45, 2.75) is 6.92 Å². The summed E-state index contributed by atoms with van der Waals surface area (Å²) in [5, 5.41) is 4.95. The molecule has 0 atom stereocenters. The van der Waals surface area contributed by atoms with Crippen molar-refractivity contribution in [1.29, 1.82) is 0 Å². The number of ether oxygens (including phenoxy) is 1. The predicted octanol–water partition coefficient (Wildman–Crippen LogP) is 2.44. The van der Waals surface area contributed by atoms with Crippen molar-refractivity contribution < 1.29 is 18.7 Å². The lowest BCUT2D eigenvalue weighted by Gasteiger charge is -2.09. The second-order valence-corrected chi connectivity index (χ2v) is 4.42. The third kappa shape index (κ3) is 3.78. The summed E-state index contributed by atoms with van der Waals surface area (Å²) in [6.45, 7) is 1.34. The number of pyridine rings is 1. The number of nitrogens with zero attached hydrogens (tertiary/aromatic N) is 1. The second kappa shape index (κ2) is 6.66. The van der Waals surface area contributed by atoms with Gasteiger partial charge in [-0.2, -0.15) is 0 Å². The Morgan fingerprint density at radius 1 is 1.18 bits per heavy atom. The summed E-state index contributed by atoms with van der Waals surface area (Å²) in [5.41, 5.74) is 0.606. The van der Waals surface area contributed by atoms with Crippen LogP contribution in [0, 0.1) is 5.82 Å². The van der Waals surface area contributed by atoms with Gasteiger partial charge in [0.15, 0.2) is 0 Å². The molecular formula is C15H14FN3O3. The number of hydrogen-bond donors (Lipinski definition) is 2. The standard InChI is InChI=1S/C15H14FN3O3/c1-9(20)18-11-4-5-12(16)13(7-11)19-15(21)10-3-6-14(22-2)17-8-10/h3-8H,1-2H3,(H,18,20)(H,19,21). The summed E-state index contributed by atoms with van der Waals surface area (Å²) in [4.78, 5) is 27.0. The fourth-order valence-corrected chi connectivity index (χ4v) is 1.73. The molecule has 0 saturated carbocycles. The highest BCUT2D eigenvalue weighted by Crippen LogP contribution is 2.20. The van der Waals surface area contributed by atoms with E-state index in [9.17, 15) is 14.0 Å². The summed E-state index contributed by atoms with van der Waals surface area (Å²) < 4.78 is 18.6. The normalized spacial score (nSPS) is 9.95. The van der Waals surface area contributed by atoms with E-state index in [0.29, 0.717) is 11.6 Å². The Balaban J connectivity index is 2.17. The van der Waals surface area contributed by atoms with Crippen LogP contribution in [0.4, 0.5) is 15.8 Å². The number of carbonyl (C=O) groups excluding carboxylic acids is 2. The van der Waals surface area contributed by atoms with Gasteiger partial charge in [-0.05, 0) is 24.3 Å². The zero-order chi connectivity index (χ0) is 16.1. The molecule has 2 rings (SSSR count). The molecule has 0 radical (unpaired) electrons. The van der Waals surface area contributed by atoms with Crippen LogP contribution < -0.4 is 15.4 Å². The Morgan fingerprint density at radius 3 is 2.55 bits per heavy atom. The van der Waals surface area contributed by atoms with Crippen molar-refractivity contribution in [3.05, 3.63) is 47.9 Å². The molecule has 0 aliphatic carbocycles. The number of benzene rings is 1. The van der Waals surface area contributed by atoms with Gasteiger partial charge in [-0.15, -0.1) is 0 Å². The van der Waals surface area contributed by atoms with Gasteiger partial charge in [-0.25, -0.2) is 9.37 Å². The number of aromatic nitrogens is 1. The molecule has 7 heteroatoms. The minimum atomic E-state index is -0.607. The lowest BCUT2D eigenvalue weighted by atomic mass is 10.2. The highest BCUT2D eigenvalue weighted by molar-refractivity contribution is 6.04. The van der Waals surface area contributed by atoms with Crippen molar-refractivity contribution in [2.24, 2.45) is 0 Å². The largest absolute Gasteiger partial charge is 0.481 e. The molecule has 2 N–H and O–H groups in total. The van der Waals surface area contributed by atoms with E-state index in [2.05, 4.69) is 15.6 Å². The third-order valence-electron chi connectivity index (χ3n) is 2.74. The third-order valence-corrected chi connectivity index (χ3v) is 2.74. The number of carbonyl (C=O) groups is 2. The van der Waals surface area contributed by atoms with Crippen molar-refractivity contribution in [3.8, 4) is 5.88 Å². The first-order valence-electron chi connectivity index (χ1n) is 6.38. The molecule has 0 bridgehead atoms. The van der Waals surface area contributed by atoms with Crippen LogP contribution in [-0.4, -0.2) is 23.9 Å². The molecule has 0 saturated heterocycles. The van der Waals surface area contributed by atoms with E-state index in [0.717, 1.165) is 6.07 Å². The highest BCUT2D eigenvalue weighted by Gasteiger charge is 2.11. The Morgan fingerprint density at radius 2 is 1.95 bits per heavy atom. The summed E-state index contributed by atoms with van der Waals surface area (Å²) in [6.07, 6.45) is 1.32. The maximum absolute atomic E-state index is 13.7. The molecule has 2 aromatic rings. The van der Waals surface area contributed by atoms with Crippen molar-refractivity contribution in [2.75, 3.05) is 17.7 Å². The molecule has 1 heterocycles. The molecule has 0 aliphatic heterocycles. The average Bonchev–Trinajstić information content (AvgIpc) is 2.50. The van der Waals surface area contributed by atoms with Crippen LogP contribution in [-0.2, 0) is 4.79 Å². The SMILES string of the molecule is COc1ccc(C(=O)Nc2cc(NC(C)=O)ccc2F)cn1. The molecule has 1 aromatic carbocycles. The Hall–Kier alpha value is -2.96. The Labute approximate surface area is 126 Å². The van der Waals surface area contributed by atoms with E-state index >= 15 is 0 Å². The maximum Gasteiger partial charge on any atom is 0.257 e. The van der Waals surface area contributed by atoms with Crippen LogP contribution in [0.3, 0.4) is 0 Å². The molecule has 6 nitrogen and oxygen atoms in total. The van der Waals surface area contributed by atoms with Gasteiger partial charge in [-0.3, -0.25) is 9.59 Å². The number of halogens is 1.